The molecule has 7 nitrogen and oxygen atoms in total. The van der Waals surface area contributed by atoms with E-state index in [1.54, 1.807) is 17.0 Å². The maximum Gasteiger partial charge on any atom is 0.339 e. The molecule has 2 N–H and O–H groups in total. The van der Waals surface area contributed by atoms with E-state index in [9.17, 15) is 14.4 Å². The van der Waals surface area contributed by atoms with E-state index in [1.807, 2.05) is 0 Å². The van der Waals surface area contributed by atoms with Crippen molar-refractivity contribution in [2.75, 3.05) is 26.8 Å². The highest BCUT2D eigenvalue weighted by atomic mass is 79.9. The Morgan fingerprint density at radius 2 is 1.96 bits per heavy atom. The Hall–Kier alpha value is -2.09. The number of ether oxygens (including phenoxy) is 2. The molecule has 0 saturated carbocycles. The third-order valence-electron chi connectivity index (χ3n) is 3.97. The van der Waals surface area contributed by atoms with E-state index >= 15 is 0 Å². The number of piperidine rings is 1. The summed E-state index contributed by atoms with van der Waals surface area (Å²) in [6.07, 6.45) is 1.08. The van der Waals surface area contributed by atoms with Crippen LogP contribution in [-0.2, 0) is 14.3 Å². The van der Waals surface area contributed by atoms with Crippen molar-refractivity contribution in [3.63, 3.8) is 0 Å². The molecule has 1 aromatic rings. The number of rotatable bonds is 5. The molecule has 0 spiro atoms. The van der Waals surface area contributed by atoms with Crippen LogP contribution >= 0.6 is 15.9 Å². The lowest BCUT2D eigenvalue weighted by Crippen LogP contribution is -2.43. The van der Waals surface area contributed by atoms with Gasteiger partial charge in [0, 0.05) is 23.5 Å². The van der Waals surface area contributed by atoms with Crippen molar-refractivity contribution in [2.45, 2.75) is 12.8 Å². The molecule has 1 aliphatic rings. The van der Waals surface area contributed by atoms with Crippen molar-refractivity contribution in [1.29, 1.82) is 0 Å². The molecule has 0 unspecified atom stereocenters. The molecule has 0 bridgehead atoms. The summed E-state index contributed by atoms with van der Waals surface area (Å²) >= 11 is 3.27. The van der Waals surface area contributed by atoms with Gasteiger partial charge in [0.05, 0.1) is 12.7 Å². The Kier molecular flexibility index (Phi) is 6.19. The lowest BCUT2D eigenvalue weighted by molar-refractivity contribution is -0.137. The molecule has 24 heavy (non-hydrogen) atoms. The van der Waals surface area contributed by atoms with Crippen molar-refractivity contribution in [3.8, 4) is 5.75 Å². The van der Waals surface area contributed by atoms with Crippen LogP contribution in [0.3, 0.4) is 0 Å². The maximum absolute atomic E-state index is 12.1. The second-order valence-electron chi connectivity index (χ2n) is 5.48. The molecule has 1 fully saturated rings. The van der Waals surface area contributed by atoms with Crippen LogP contribution in [0.1, 0.15) is 23.2 Å². The van der Waals surface area contributed by atoms with E-state index in [2.05, 4.69) is 15.9 Å². The number of nitrogens with two attached hydrogens (primary N) is 1. The molecule has 0 atom stereocenters. The zero-order chi connectivity index (χ0) is 17.7. The number of carbonyl (C=O) groups is 3. The van der Waals surface area contributed by atoms with Crippen LogP contribution < -0.4 is 10.5 Å². The molecule has 1 aromatic carbocycles. The molecule has 0 radical (unpaired) electrons. The Morgan fingerprint density at radius 3 is 2.54 bits per heavy atom. The van der Waals surface area contributed by atoms with Crippen LogP contribution in [0.4, 0.5) is 0 Å². The third kappa shape index (κ3) is 4.47. The fourth-order valence-electron chi connectivity index (χ4n) is 2.50. The predicted octanol–water partition coefficient (Wildman–Crippen LogP) is 1.34. The molecule has 0 aliphatic carbocycles. The second-order valence-corrected chi connectivity index (χ2v) is 6.33. The van der Waals surface area contributed by atoms with E-state index in [1.165, 1.54) is 13.2 Å². The van der Waals surface area contributed by atoms with Crippen molar-refractivity contribution in [3.05, 3.63) is 28.2 Å². The van der Waals surface area contributed by atoms with Gasteiger partial charge in [-0.1, -0.05) is 0 Å². The van der Waals surface area contributed by atoms with Gasteiger partial charge in [0.1, 0.15) is 5.75 Å². The molecule has 0 aromatic heterocycles. The van der Waals surface area contributed by atoms with Gasteiger partial charge in [0.15, 0.2) is 6.61 Å². The van der Waals surface area contributed by atoms with Gasteiger partial charge < -0.3 is 20.1 Å². The largest absolute Gasteiger partial charge is 0.497 e. The molecular formula is C16H19BrN2O5. The molecule has 2 amide bonds. The molecule has 1 saturated heterocycles. The first-order valence-corrected chi connectivity index (χ1v) is 8.29. The number of amides is 2. The van der Waals surface area contributed by atoms with Crippen molar-refractivity contribution < 1.29 is 23.9 Å². The van der Waals surface area contributed by atoms with E-state index in [0.29, 0.717) is 36.2 Å². The minimum Gasteiger partial charge on any atom is -0.497 e. The summed E-state index contributed by atoms with van der Waals surface area (Å²) in [6.45, 7) is 0.531. The maximum atomic E-state index is 12.1. The second kappa shape index (κ2) is 8.14. The number of methoxy groups -OCH3 is 1. The number of likely N-dealkylation sites (tertiary alicyclic amines) is 1. The average molecular weight is 399 g/mol. The van der Waals surface area contributed by atoms with Crippen LogP contribution in [0.15, 0.2) is 22.7 Å². The zero-order valence-corrected chi connectivity index (χ0v) is 14.9. The monoisotopic (exact) mass is 398 g/mol. The lowest BCUT2D eigenvalue weighted by atomic mass is 9.96. The highest BCUT2D eigenvalue weighted by Crippen LogP contribution is 2.23. The van der Waals surface area contributed by atoms with Crippen LogP contribution in [0.5, 0.6) is 5.75 Å². The number of esters is 1. The summed E-state index contributed by atoms with van der Waals surface area (Å²) in [6, 6.07) is 4.91. The Balaban J connectivity index is 1.88. The number of nitrogens with zero attached hydrogens (tertiary/aromatic N) is 1. The molecular weight excluding hydrogens is 380 g/mol. The van der Waals surface area contributed by atoms with E-state index in [4.69, 9.17) is 15.2 Å². The standard InChI is InChI=1S/C16H19BrN2O5/c1-23-11-2-3-13(17)12(8-11)16(22)24-9-14(20)19-6-4-10(5-7-19)15(18)21/h2-3,8,10H,4-7,9H2,1H3,(H2,18,21). The number of hydrogen-bond acceptors (Lipinski definition) is 5. The van der Waals surface area contributed by atoms with E-state index < -0.39 is 5.97 Å². The number of carbonyl (C=O) groups excluding carboxylic acids is 3. The zero-order valence-electron chi connectivity index (χ0n) is 13.3. The first kappa shape index (κ1) is 18.3. The molecule has 2 rings (SSSR count). The minimum absolute atomic E-state index is 0.190. The Morgan fingerprint density at radius 1 is 1.29 bits per heavy atom. The van der Waals surface area contributed by atoms with Crippen molar-refractivity contribution >= 4 is 33.7 Å². The fraction of sp³-hybridized carbons (Fsp3) is 0.438. The van der Waals surface area contributed by atoms with Crippen LogP contribution in [0.25, 0.3) is 0 Å². The smallest absolute Gasteiger partial charge is 0.339 e. The van der Waals surface area contributed by atoms with Crippen LogP contribution in [0, 0.1) is 5.92 Å². The molecule has 1 aliphatic heterocycles. The van der Waals surface area contributed by atoms with Gasteiger partial charge >= 0.3 is 5.97 Å². The van der Waals surface area contributed by atoms with Gasteiger partial charge in [-0.2, -0.15) is 0 Å². The fourth-order valence-corrected chi connectivity index (χ4v) is 2.91. The van der Waals surface area contributed by atoms with Gasteiger partial charge in [0.25, 0.3) is 5.91 Å². The van der Waals surface area contributed by atoms with Gasteiger partial charge in [-0.15, -0.1) is 0 Å². The SMILES string of the molecule is COc1ccc(Br)c(C(=O)OCC(=O)N2CCC(C(N)=O)CC2)c1. The van der Waals surface area contributed by atoms with Crippen molar-refractivity contribution in [2.24, 2.45) is 11.7 Å². The number of benzene rings is 1. The Labute approximate surface area is 148 Å². The number of primary amides is 1. The van der Waals surface area contributed by atoms with E-state index in [-0.39, 0.29) is 29.9 Å². The summed E-state index contributed by atoms with van der Waals surface area (Å²) in [4.78, 5) is 36.9. The average Bonchev–Trinajstić information content (AvgIpc) is 2.59. The number of halogens is 1. The van der Waals surface area contributed by atoms with Gasteiger partial charge in [-0.3, -0.25) is 9.59 Å². The first-order valence-electron chi connectivity index (χ1n) is 7.50. The predicted molar refractivity (Wildman–Crippen MR) is 89.5 cm³/mol. The lowest BCUT2D eigenvalue weighted by Gasteiger charge is -2.30. The molecule has 1 heterocycles. The van der Waals surface area contributed by atoms with Gasteiger partial charge in [-0.25, -0.2) is 4.79 Å². The normalized spacial score (nSPS) is 15.0. The summed E-state index contributed by atoms with van der Waals surface area (Å²) in [5.74, 6) is -0.905. The van der Waals surface area contributed by atoms with Crippen LogP contribution in [-0.4, -0.2) is 49.5 Å². The minimum atomic E-state index is -0.610. The van der Waals surface area contributed by atoms with E-state index in [0.717, 1.165) is 0 Å². The summed E-state index contributed by atoms with van der Waals surface area (Å²) in [5, 5.41) is 0. The van der Waals surface area contributed by atoms with Crippen LogP contribution in [0.2, 0.25) is 0 Å². The number of hydrogen-bond donors (Lipinski definition) is 1. The highest BCUT2D eigenvalue weighted by molar-refractivity contribution is 9.10. The topological polar surface area (TPSA) is 98.9 Å². The quantitative estimate of drug-likeness (QED) is 0.754. The van der Waals surface area contributed by atoms with Crippen molar-refractivity contribution in [1.82, 2.24) is 4.90 Å². The third-order valence-corrected chi connectivity index (χ3v) is 4.66. The van der Waals surface area contributed by atoms with Gasteiger partial charge in [-0.05, 0) is 47.0 Å². The highest BCUT2D eigenvalue weighted by Gasteiger charge is 2.26. The molecule has 8 heteroatoms. The summed E-state index contributed by atoms with van der Waals surface area (Å²) < 4.78 is 10.7. The summed E-state index contributed by atoms with van der Waals surface area (Å²) in [5.41, 5.74) is 5.55. The first-order chi connectivity index (χ1) is 11.4. The molecule has 130 valence electrons. The Bertz CT molecular complexity index is 641. The summed E-state index contributed by atoms with van der Waals surface area (Å²) in [7, 11) is 1.50. The van der Waals surface area contributed by atoms with Gasteiger partial charge in [0.2, 0.25) is 5.91 Å².